The van der Waals surface area contributed by atoms with Crippen LogP contribution in [0.1, 0.15) is 32.4 Å². The van der Waals surface area contributed by atoms with Gasteiger partial charge in [-0.1, -0.05) is 13.8 Å². The summed E-state index contributed by atoms with van der Waals surface area (Å²) in [5.41, 5.74) is 0.996. The van der Waals surface area contributed by atoms with E-state index >= 15 is 0 Å². The first-order valence-electron chi connectivity index (χ1n) is 5.85. The molecule has 3 nitrogen and oxygen atoms in total. The van der Waals surface area contributed by atoms with Gasteiger partial charge in [-0.25, -0.2) is 9.97 Å². The number of alkyl halides is 1. The van der Waals surface area contributed by atoms with E-state index in [0.29, 0.717) is 11.9 Å². The zero-order valence-electron chi connectivity index (χ0n) is 10.3. The Morgan fingerprint density at radius 2 is 2.06 bits per heavy atom. The molecule has 0 fully saturated rings. The van der Waals surface area contributed by atoms with Gasteiger partial charge in [-0.3, -0.25) is 0 Å². The quantitative estimate of drug-likeness (QED) is 0.717. The molecule has 1 rings (SSSR count). The van der Waals surface area contributed by atoms with Crippen LogP contribution in [-0.4, -0.2) is 28.4 Å². The molecule has 1 aromatic heterocycles. The van der Waals surface area contributed by atoms with Gasteiger partial charge < -0.3 is 4.90 Å². The third kappa shape index (κ3) is 3.34. The minimum absolute atomic E-state index is 0.473. The number of rotatable bonds is 6. The van der Waals surface area contributed by atoms with E-state index in [9.17, 15) is 0 Å². The van der Waals surface area contributed by atoms with Crippen LogP contribution in [0.5, 0.6) is 0 Å². The topological polar surface area (TPSA) is 29.0 Å². The van der Waals surface area contributed by atoms with E-state index in [1.54, 1.807) is 6.20 Å². The lowest BCUT2D eigenvalue weighted by Gasteiger charge is -2.29. The average Bonchev–Trinajstić information content (AvgIpc) is 2.29. The first-order valence-corrected chi connectivity index (χ1v) is 6.38. The Hall–Kier alpha value is -0.830. The van der Waals surface area contributed by atoms with Gasteiger partial charge >= 0.3 is 0 Å². The second-order valence-corrected chi connectivity index (χ2v) is 4.23. The summed E-state index contributed by atoms with van der Waals surface area (Å²) in [6, 6.07) is 2.38. The van der Waals surface area contributed by atoms with Crippen molar-refractivity contribution < 1.29 is 0 Å². The van der Waals surface area contributed by atoms with E-state index in [0.717, 1.165) is 31.0 Å². The van der Waals surface area contributed by atoms with Gasteiger partial charge in [-0.2, -0.15) is 0 Å². The van der Waals surface area contributed by atoms with Crippen LogP contribution < -0.4 is 4.90 Å². The van der Waals surface area contributed by atoms with Gasteiger partial charge in [0.2, 0.25) is 5.95 Å². The zero-order chi connectivity index (χ0) is 12.0. The summed E-state index contributed by atoms with van der Waals surface area (Å²) in [4.78, 5) is 11.0. The average molecular weight is 242 g/mol. The maximum absolute atomic E-state index is 5.85. The summed E-state index contributed by atoms with van der Waals surface area (Å²) < 4.78 is 0. The van der Waals surface area contributed by atoms with Crippen LogP contribution in [0.2, 0.25) is 0 Å². The molecule has 16 heavy (non-hydrogen) atoms. The van der Waals surface area contributed by atoms with Gasteiger partial charge in [-0.05, 0) is 25.8 Å². The normalized spacial score (nSPS) is 10.8. The predicted molar refractivity (Wildman–Crippen MR) is 69.2 cm³/mol. The lowest BCUT2D eigenvalue weighted by Crippen LogP contribution is -2.37. The fourth-order valence-corrected chi connectivity index (χ4v) is 2.02. The van der Waals surface area contributed by atoms with Crippen molar-refractivity contribution in [2.45, 2.75) is 39.7 Å². The molecule has 0 saturated carbocycles. The number of aryl methyl sites for hydroxylation is 1. The predicted octanol–water partition coefficient (Wildman–Crippen LogP) is 3.02. The Morgan fingerprint density at radius 1 is 1.38 bits per heavy atom. The third-order valence-corrected chi connectivity index (χ3v) is 2.92. The van der Waals surface area contributed by atoms with Crippen molar-refractivity contribution in [1.82, 2.24) is 9.97 Å². The lowest BCUT2D eigenvalue weighted by molar-refractivity contribution is 0.556. The summed E-state index contributed by atoms with van der Waals surface area (Å²) in [6.45, 7) is 7.16. The fourth-order valence-electron chi connectivity index (χ4n) is 1.84. The minimum Gasteiger partial charge on any atom is -0.337 e. The maximum Gasteiger partial charge on any atom is 0.225 e. The van der Waals surface area contributed by atoms with Crippen LogP contribution in [-0.2, 0) is 0 Å². The van der Waals surface area contributed by atoms with Crippen molar-refractivity contribution in [3.05, 3.63) is 18.0 Å². The molecule has 0 atom stereocenters. The van der Waals surface area contributed by atoms with Gasteiger partial charge in [0.1, 0.15) is 0 Å². The first-order chi connectivity index (χ1) is 7.72. The monoisotopic (exact) mass is 241 g/mol. The van der Waals surface area contributed by atoms with E-state index in [-0.39, 0.29) is 0 Å². The summed E-state index contributed by atoms with van der Waals surface area (Å²) >= 11 is 5.85. The molecule has 0 N–H and O–H groups in total. The van der Waals surface area contributed by atoms with Crippen molar-refractivity contribution in [3.63, 3.8) is 0 Å². The Balaban J connectivity index is 2.91. The number of hydrogen-bond donors (Lipinski definition) is 0. The number of hydrogen-bond acceptors (Lipinski definition) is 3. The van der Waals surface area contributed by atoms with Crippen LogP contribution in [0.4, 0.5) is 5.95 Å². The highest BCUT2D eigenvalue weighted by molar-refractivity contribution is 6.18. The van der Waals surface area contributed by atoms with Crippen molar-refractivity contribution in [3.8, 4) is 0 Å². The van der Waals surface area contributed by atoms with Gasteiger partial charge in [-0.15, -0.1) is 11.6 Å². The van der Waals surface area contributed by atoms with E-state index in [1.165, 1.54) is 0 Å². The highest BCUT2D eigenvalue weighted by Gasteiger charge is 2.17. The first kappa shape index (κ1) is 13.2. The number of halogens is 1. The van der Waals surface area contributed by atoms with Crippen LogP contribution in [0.3, 0.4) is 0 Å². The number of nitrogens with zero attached hydrogens (tertiary/aromatic N) is 3. The highest BCUT2D eigenvalue weighted by atomic mass is 35.5. The molecule has 0 saturated heterocycles. The smallest absolute Gasteiger partial charge is 0.225 e. The van der Waals surface area contributed by atoms with Crippen LogP contribution in [0.25, 0.3) is 0 Å². The van der Waals surface area contributed by atoms with Crippen molar-refractivity contribution in [2.24, 2.45) is 0 Å². The minimum atomic E-state index is 0.473. The van der Waals surface area contributed by atoms with Crippen molar-refractivity contribution >= 4 is 17.5 Å². The molecular weight excluding hydrogens is 222 g/mol. The van der Waals surface area contributed by atoms with E-state index < -0.39 is 0 Å². The maximum atomic E-state index is 5.85. The molecule has 0 spiro atoms. The molecule has 0 aliphatic carbocycles. The molecule has 0 bridgehead atoms. The number of aromatic nitrogens is 2. The SMILES string of the molecule is CCC(CC)N(CCCl)c1nccc(C)n1. The third-order valence-electron chi connectivity index (χ3n) is 2.75. The largest absolute Gasteiger partial charge is 0.337 e. The van der Waals surface area contributed by atoms with Crippen LogP contribution in [0.15, 0.2) is 12.3 Å². The summed E-state index contributed by atoms with van der Waals surface area (Å²) in [5.74, 6) is 1.41. The summed E-state index contributed by atoms with van der Waals surface area (Å²) in [7, 11) is 0. The number of anilines is 1. The lowest BCUT2D eigenvalue weighted by atomic mass is 10.1. The van der Waals surface area contributed by atoms with E-state index in [1.807, 2.05) is 13.0 Å². The second-order valence-electron chi connectivity index (χ2n) is 3.85. The summed E-state index contributed by atoms with van der Waals surface area (Å²) in [5, 5.41) is 0. The van der Waals surface area contributed by atoms with Gasteiger partial charge in [0, 0.05) is 30.4 Å². The zero-order valence-corrected chi connectivity index (χ0v) is 11.0. The molecule has 0 aromatic carbocycles. The molecule has 1 heterocycles. The Morgan fingerprint density at radius 3 is 2.56 bits per heavy atom. The Kier molecular flexibility index (Phi) is 5.53. The molecule has 0 unspecified atom stereocenters. The van der Waals surface area contributed by atoms with Crippen LogP contribution >= 0.6 is 11.6 Å². The molecular formula is C12H20ClN3. The molecule has 4 heteroatoms. The van der Waals surface area contributed by atoms with Crippen molar-refractivity contribution in [2.75, 3.05) is 17.3 Å². The van der Waals surface area contributed by atoms with Crippen molar-refractivity contribution in [1.29, 1.82) is 0 Å². The Labute approximate surface area is 103 Å². The van der Waals surface area contributed by atoms with E-state index in [2.05, 4.69) is 28.7 Å². The molecule has 0 amide bonds. The molecule has 90 valence electrons. The molecule has 0 aliphatic rings. The molecule has 1 aromatic rings. The molecule has 0 aliphatic heterocycles. The fraction of sp³-hybridized carbons (Fsp3) is 0.667. The molecule has 0 radical (unpaired) electrons. The highest BCUT2D eigenvalue weighted by Crippen LogP contribution is 2.16. The van der Waals surface area contributed by atoms with Gasteiger partial charge in [0.25, 0.3) is 0 Å². The second kappa shape index (κ2) is 6.69. The Bertz CT molecular complexity index is 313. The standard InChI is InChI=1S/C12H20ClN3/c1-4-11(5-2)16(9-7-13)12-14-8-6-10(3)15-12/h6,8,11H,4-5,7,9H2,1-3H3. The summed E-state index contributed by atoms with van der Waals surface area (Å²) in [6.07, 6.45) is 3.98. The van der Waals surface area contributed by atoms with Gasteiger partial charge in [0.15, 0.2) is 0 Å². The van der Waals surface area contributed by atoms with Crippen LogP contribution in [0, 0.1) is 6.92 Å². The van der Waals surface area contributed by atoms with Gasteiger partial charge in [0.05, 0.1) is 0 Å². The van der Waals surface area contributed by atoms with E-state index in [4.69, 9.17) is 11.6 Å².